The molecule has 104 valence electrons. The Kier molecular flexibility index (Phi) is 3.32. The van der Waals surface area contributed by atoms with Gasteiger partial charge in [-0.3, -0.25) is 0 Å². The van der Waals surface area contributed by atoms with Gasteiger partial charge in [-0.15, -0.1) is 0 Å². The van der Waals surface area contributed by atoms with E-state index in [1.165, 1.54) is 11.1 Å². The van der Waals surface area contributed by atoms with E-state index in [4.69, 9.17) is 15.2 Å². The summed E-state index contributed by atoms with van der Waals surface area (Å²) in [5, 5.41) is 0. The van der Waals surface area contributed by atoms with E-state index in [1.54, 1.807) is 13.2 Å². The fraction of sp³-hybridized carbons (Fsp3) is 0.312. The highest BCUT2D eigenvalue weighted by molar-refractivity contribution is 5.47. The summed E-state index contributed by atoms with van der Waals surface area (Å²) >= 11 is 0. The Balaban J connectivity index is 1.93. The van der Waals surface area contributed by atoms with Crippen LogP contribution in [0.25, 0.3) is 0 Å². The van der Waals surface area contributed by atoms with Gasteiger partial charge in [0.2, 0.25) is 5.88 Å². The SMILES string of the molecule is COc1ccc(Oc2cccc3c2CCC3N)c(C)n1. The number of pyridine rings is 1. The Morgan fingerprint density at radius 2 is 2.05 bits per heavy atom. The van der Waals surface area contributed by atoms with Crippen molar-refractivity contribution in [3.05, 3.63) is 47.2 Å². The molecular formula is C16H18N2O2. The van der Waals surface area contributed by atoms with E-state index < -0.39 is 0 Å². The van der Waals surface area contributed by atoms with Crippen LogP contribution in [-0.2, 0) is 6.42 Å². The quantitative estimate of drug-likeness (QED) is 0.931. The highest BCUT2D eigenvalue weighted by Crippen LogP contribution is 2.38. The summed E-state index contributed by atoms with van der Waals surface area (Å²) in [7, 11) is 1.60. The molecule has 0 aliphatic heterocycles. The van der Waals surface area contributed by atoms with Crippen LogP contribution >= 0.6 is 0 Å². The van der Waals surface area contributed by atoms with Gasteiger partial charge in [0.25, 0.3) is 0 Å². The Hall–Kier alpha value is -2.07. The largest absolute Gasteiger partial charge is 0.481 e. The molecule has 1 heterocycles. The molecule has 1 atom stereocenters. The second kappa shape index (κ2) is 5.13. The summed E-state index contributed by atoms with van der Waals surface area (Å²) in [6.07, 6.45) is 1.95. The van der Waals surface area contributed by atoms with Crippen LogP contribution < -0.4 is 15.2 Å². The van der Waals surface area contributed by atoms with Gasteiger partial charge in [-0.2, -0.15) is 0 Å². The minimum atomic E-state index is 0.128. The van der Waals surface area contributed by atoms with E-state index in [9.17, 15) is 0 Å². The third-order valence-electron chi connectivity index (χ3n) is 3.71. The number of rotatable bonds is 3. The second-order valence-corrected chi connectivity index (χ2v) is 5.01. The molecule has 1 aromatic heterocycles. The van der Waals surface area contributed by atoms with Gasteiger partial charge in [0.1, 0.15) is 11.5 Å². The Morgan fingerprint density at radius 3 is 2.80 bits per heavy atom. The predicted molar refractivity (Wildman–Crippen MR) is 77.3 cm³/mol. The summed E-state index contributed by atoms with van der Waals surface area (Å²) < 4.78 is 11.1. The topological polar surface area (TPSA) is 57.4 Å². The molecule has 1 aliphatic rings. The first kappa shape index (κ1) is 12.9. The monoisotopic (exact) mass is 270 g/mol. The van der Waals surface area contributed by atoms with Crippen LogP contribution in [0.3, 0.4) is 0 Å². The number of ether oxygens (including phenoxy) is 2. The number of nitrogens with two attached hydrogens (primary N) is 1. The third kappa shape index (κ3) is 2.23. The second-order valence-electron chi connectivity index (χ2n) is 5.01. The Bertz CT molecular complexity index is 640. The van der Waals surface area contributed by atoms with Crippen LogP contribution in [0.15, 0.2) is 30.3 Å². The van der Waals surface area contributed by atoms with Crippen molar-refractivity contribution in [2.75, 3.05) is 7.11 Å². The average molecular weight is 270 g/mol. The number of fused-ring (bicyclic) bond motifs is 1. The van der Waals surface area contributed by atoms with Gasteiger partial charge in [0.15, 0.2) is 0 Å². The zero-order valence-corrected chi connectivity index (χ0v) is 11.7. The van der Waals surface area contributed by atoms with Crippen LogP contribution in [0.2, 0.25) is 0 Å². The van der Waals surface area contributed by atoms with Crippen molar-refractivity contribution < 1.29 is 9.47 Å². The van der Waals surface area contributed by atoms with Crippen molar-refractivity contribution >= 4 is 0 Å². The summed E-state index contributed by atoms with van der Waals surface area (Å²) in [4.78, 5) is 4.32. The van der Waals surface area contributed by atoms with Gasteiger partial charge in [-0.1, -0.05) is 12.1 Å². The highest BCUT2D eigenvalue weighted by atomic mass is 16.5. The first-order valence-corrected chi connectivity index (χ1v) is 6.76. The van der Waals surface area contributed by atoms with E-state index in [0.29, 0.717) is 5.88 Å². The molecule has 0 fully saturated rings. The lowest BCUT2D eigenvalue weighted by atomic mass is 10.1. The summed E-state index contributed by atoms with van der Waals surface area (Å²) in [6.45, 7) is 1.91. The number of hydrogen-bond acceptors (Lipinski definition) is 4. The van der Waals surface area contributed by atoms with Crippen LogP contribution in [0.5, 0.6) is 17.4 Å². The van der Waals surface area contributed by atoms with Crippen LogP contribution in [0.1, 0.15) is 29.3 Å². The van der Waals surface area contributed by atoms with Crippen molar-refractivity contribution in [2.24, 2.45) is 5.73 Å². The first-order valence-electron chi connectivity index (χ1n) is 6.76. The number of hydrogen-bond donors (Lipinski definition) is 1. The summed E-state index contributed by atoms with van der Waals surface area (Å²) in [5.41, 5.74) is 9.32. The van der Waals surface area contributed by atoms with E-state index in [1.807, 2.05) is 25.1 Å². The lowest BCUT2D eigenvalue weighted by molar-refractivity contribution is 0.393. The lowest BCUT2D eigenvalue weighted by Gasteiger charge is -2.13. The zero-order valence-electron chi connectivity index (χ0n) is 11.7. The van der Waals surface area contributed by atoms with Gasteiger partial charge in [-0.05, 0) is 43.0 Å². The molecule has 1 aliphatic carbocycles. The van der Waals surface area contributed by atoms with E-state index >= 15 is 0 Å². The van der Waals surface area contributed by atoms with Gasteiger partial charge >= 0.3 is 0 Å². The maximum atomic E-state index is 6.09. The minimum absolute atomic E-state index is 0.128. The number of nitrogens with zero attached hydrogens (tertiary/aromatic N) is 1. The number of benzene rings is 1. The van der Waals surface area contributed by atoms with Crippen LogP contribution in [0, 0.1) is 6.92 Å². The summed E-state index contributed by atoms with van der Waals surface area (Å²) in [5.74, 6) is 2.22. The maximum absolute atomic E-state index is 6.09. The number of aryl methyl sites for hydroxylation is 1. The first-order chi connectivity index (χ1) is 9.69. The molecule has 4 nitrogen and oxygen atoms in total. The Morgan fingerprint density at radius 1 is 1.20 bits per heavy atom. The highest BCUT2D eigenvalue weighted by Gasteiger charge is 2.22. The minimum Gasteiger partial charge on any atom is -0.481 e. The van der Waals surface area contributed by atoms with Crippen molar-refractivity contribution in [3.8, 4) is 17.4 Å². The lowest BCUT2D eigenvalue weighted by Crippen LogP contribution is -2.05. The normalized spacial score (nSPS) is 16.9. The molecule has 20 heavy (non-hydrogen) atoms. The smallest absolute Gasteiger partial charge is 0.213 e. The van der Waals surface area contributed by atoms with Crippen LogP contribution in [0.4, 0.5) is 0 Å². The molecule has 0 radical (unpaired) electrons. The molecule has 0 amide bonds. The van der Waals surface area contributed by atoms with Gasteiger partial charge in [-0.25, -0.2) is 4.98 Å². The molecule has 0 bridgehead atoms. The molecule has 2 aromatic rings. The summed E-state index contributed by atoms with van der Waals surface area (Å²) in [6, 6.07) is 9.88. The standard InChI is InChI=1S/C16H18N2O2/c1-10-14(8-9-16(18-10)19-2)20-15-5-3-4-11-12(15)6-7-13(11)17/h3-5,8-9,13H,6-7,17H2,1-2H3. The average Bonchev–Trinajstić information content (AvgIpc) is 2.84. The molecule has 1 unspecified atom stereocenters. The number of methoxy groups -OCH3 is 1. The van der Waals surface area contributed by atoms with Crippen LogP contribution in [-0.4, -0.2) is 12.1 Å². The van der Waals surface area contributed by atoms with Gasteiger partial charge in [0, 0.05) is 12.1 Å². The van der Waals surface area contributed by atoms with Crippen molar-refractivity contribution in [1.29, 1.82) is 0 Å². The van der Waals surface area contributed by atoms with Crippen molar-refractivity contribution in [1.82, 2.24) is 4.98 Å². The van der Waals surface area contributed by atoms with E-state index in [2.05, 4.69) is 11.1 Å². The molecule has 0 spiro atoms. The van der Waals surface area contributed by atoms with Gasteiger partial charge in [0.05, 0.1) is 12.8 Å². The maximum Gasteiger partial charge on any atom is 0.213 e. The molecule has 2 N–H and O–H groups in total. The van der Waals surface area contributed by atoms with Crippen molar-refractivity contribution in [2.45, 2.75) is 25.8 Å². The molecule has 1 aromatic carbocycles. The third-order valence-corrected chi connectivity index (χ3v) is 3.71. The molecular weight excluding hydrogens is 252 g/mol. The zero-order chi connectivity index (χ0) is 14.1. The molecule has 4 heteroatoms. The van der Waals surface area contributed by atoms with E-state index in [-0.39, 0.29) is 6.04 Å². The molecule has 3 rings (SSSR count). The Labute approximate surface area is 118 Å². The molecule has 0 saturated carbocycles. The van der Waals surface area contributed by atoms with Crippen molar-refractivity contribution in [3.63, 3.8) is 0 Å². The van der Waals surface area contributed by atoms with Gasteiger partial charge < -0.3 is 15.2 Å². The number of aromatic nitrogens is 1. The van der Waals surface area contributed by atoms with E-state index in [0.717, 1.165) is 30.0 Å². The molecule has 0 saturated heterocycles. The fourth-order valence-electron chi connectivity index (χ4n) is 2.61. The predicted octanol–water partition coefficient (Wildman–Crippen LogP) is 3.14. The fourth-order valence-corrected chi connectivity index (χ4v) is 2.61.